The van der Waals surface area contributed by atoms with Gasteiger partial charge in [-0.2, -0.15) is 0 Å². The second-order valence-corrected chi connectivity index (χ2v) is 13.8. The molecule has 8 heteroatoms. The molecule has 0 amide bonds. The Kier molecular flexibility index (Phi) is 7.10. The highest BCUT2D eigenvalue weighted by molar-refractivity contribution is 5.02. The molecule has 2 saturated carbocycles. The molecule has 2 aliphatic carbocycles. The van der Waals surface area contributed by atoms with E-state index in [1.165, 1.54) is 77.0 Å². The number of rotatable bonds is 0. The molecule has 5 saturated heterocycles. The molecule has 8 nitrogen and oxygen atoms in total. The van der Waals surface area contributed by atoms with Gasteiger partial charge in [-0.25, -0.2) is 0 Å². The summed E-state index contributed by atoms with van der Waals surface area (Å²) in [6.45, 7) is 4.89. The van der Waals surface area contributed by atoms with Crippen molar-refractivity contribution in [2.45, 2.75) is 140 Å². The summed E-state index contributed by atoms with van der Waals surface area (Å²) >= 11 is 0. The summed E-state index contributed by atoms with van der Waals surface area (Å²) < 4.78 is 0. The average molecular weight is 501 g/mol. The van der Waals surface area contributed by atoms with Gasteiger partial charge in [-0.3, -0.25) is 42.5 Å². The lowest BCUT2D eigenvalue weighted by Crippen LogP contribution is -2.67. The van der Waals surface area contributed by atoms with Crippen LogP contribution in [0.3, 0.4) is 0 Å². The zero-order valence-electron chi connectivity index (χ0n) is 22.6. The molecule has 7 fully saturated rings. The van der Waals surface area contributed by atoms with E-state index in [1.54, 1.807) is 0 Å². The van der Waals surface area contributed by atoms with E-state index >= 15 is 0 Å². The first kappa shape index (κ1) is 24.7. The summed E-state index contributed by atoms with van der Waals surface area (Å²) in [5, 5.41) is 32.5. The second-order valence-electron chi connectivity index (χ2n) is 13.8. The van der Waals surface area contributed by atoms with E-state index in [1.807, 2.05) is 0 Å². The molecule has 5 aliphatic heterocycles. The van der Waals surface area contributed by atoms with Gasteiger partial charge in [0, 0.05) is 0 Å². The zero-order chi connectivity index (χ0) is 24.2. The predicted molar refractivity (Wildman–Crippen MR) is 143 cm³/mol. The molecule has 8 bridgehead atoms. The van der Waals surface area contributed by atoms with Crippen molar-refractivity contribution in [1.82, 2.24) is 42.5 Å². The average Bonchev–Trinajstić information content (AvgIpc) is 3.36. The second kappa shape index (κ2) is 10.3. The van der Waals surface area contributed by atoms with Crippen LogP contribution in [-0.2, 0) is 0 Å². The van der Waals surface area contributed by atoms with Crippen molar-refractivity contribution in [3.8, 4) is 0 Å². The van der Waals surface area contributed by atoms with Gasteiger partial charge in [0.05, 0.1) is 49.3 Å². The Labute approximate surface area is 218 Å². The molecule has 0 aromatic carbocycles. The molecule has 0 aromatic rings. The van der Waals surface area contributed by atoms with Crippen molar-refractivity contribution >= 4 is 0 Å². The first-order chi connectivity index (χ1) is 17.6. The fraction of sp³-hybridized carbons (Fsp3) is 1.00. The van der Waals surface area contributed by atoms with Crippen molar-refractivity contribution in [2.24, 2.45) is 35.5 Å². The van der Waals surface area contributed by atoms with Crippen LogP contribution in [0.15, 0.2) is 0 Å². The lowest BCUT2D eigenvalue weighted by Gasteiger charge is -2.40. The largest absolute Gasteiger partial charge is 0.286 e. The van der Waals surface area contributed by atoms with Gasteiger partial charge in [0.15, 0.2) is 0 Å². The fourth-order valence-corrected chi connectivity index (χ4v) is 9.49. The van der Waals surface area contributed by atoms with E-state index in [-0.39, 0.29) is 0 Å². The Morgan fingerprint density at radius 1 is 0.361 bits per heavy atom. The molecule has 7 aliphatic rings. The molecule has 8 N–H and O–H groups in total. The van der Waals surface area contributed by atoms with Crippen LogP contribution in [0.2, 0.25) is 0 Å². The molecule has 0 radical (unpaired) electrons. The standard InChI is InChI=1S/C28H52N8/c1-15-11-21-29-22(12-15)32-26-18-8-4-6-10-20(18)28(36-26)34-24-14-16(2)13-23(30-24)33-27-19-9-5-3-7-17(19)25(31-21)35-27/h15-36H,3-14H2,1-2H3. The Balaban J connectivity index is 1.16. The predicted octanol–water partition coefficient (Wildman–Crippen LogP) is 1.83. The van der Waals surface area contributed by atoms with Gasteiger partial charge in [0.25, 0.3) is 0 Å². The van der Waals surface area contributed by atoms with Crippen molar-refractivity contribution in [2.75, 3.05) is 0 Å². The van der Waals surface area contributed by atoms with E-state index in [9.17, 15) is 0 Å². The van der Waals surface area contributed by atoms with Crippen molar-refractivity contribution in [1.29, 1.82) is 0 Å². The Morgan fingerprint density at radius 3 is 0.917 bits per heavy atom. The third-order valence-corrected chi connectivity index (χ3v) is 11.1. The van der Waals surface area contributed by atoms with Gasteiger partial charge in [0.1, 0.15) is 0 Å². The maximum absolute atomic E-state index is 4.10. The molecule has 7 rings (SSSR count). The van der Waals surface area contributed by atoms with Crippen LogP contribution in [0.4, 0.5) is 0 Å². The summed E-state index contributed by atoms with van der Waals surface area (Å²) in [6, 6.07) is 0. The van der Waals surface area contributed by atoms with Crippen LogP contribution in [0.1, 0.15) is 90.9 Å². The highest BCUT2D eigenvalue weighted by atomic mass is 15.4. The van der Waals surface area contributed by atoms with E-state index in [4.69, 9.17) is 0 Å². The van der Waals surface area contributed by atoms with Crippen molar-refractivity contribution in [3.63, 3.8) is 0 Å². The van der Waals surface area contributed by atoms with Crippen LogP contribution in [-0.4, -0.2) is 49.3 Å². The molecular formula is C28H52N8. The molecule has 0 spiro atoms. The smallest absolute Gasteiger partial charge is 0.0628 e. The van der Waals surface area contributed by atoms with Crippen LogP contribution in [0.25, 0.3) is 0 Å². The minimum absolute atomic E-state index is 0.368. The first-order valence-electron chi connectivity index (χ1n) is 15.7. The molecular weight excluding hydrogens is 448 g/mol. The van der Waals surface area contributed by atoms with E-state index in [2.05, 4.69) is 56.4 Å². The first-order valence-corrected chi connectivity index (χ1v) is 15.7. The van der Waals surface area contributed by atoms with Crippen LogP contribution < -0.4 is 42.5 Å². The number of piperidine rings is 2. The minimum atomic E-state index is 0.368. The lowest BCUT2D eigenvalue weighted by atomic mass is 9.78. The number of hydrogen-bond acceptors (Lipinski definition) is 8. The summed E-state index contributed by atoms with van der Waals surface area (Å²) in [7, 11) is 0. The number of nitrogens with one attached hydrogen (secondary N) is 8. The SMILES string of the molecule is CC1CC2NC(C1)NC1NC(NC3CC(C)CC(N3)NC3NC(N2)C2CCCCC32)C2CCCCC12. The van der Waals surface area contributed by atoms with Crippen LogP contribution in [0.5, 0.6) is 0 Å². The Hall–Kier alpha value is -0.320. The zero-order valence-corrected chi connectivity index (χ0v) is 22.6. The molecule has 5 heterocycles. The minimum Gasteiger partial charge on any atom is -0.286 e. The third kappa shape index (κ3) is 4.90. The normalized spacial score (nSPS) is 55.5. The van der Waals surface area contributed by atoms with Crippen LogP contribution >= 0.6 is 0 Å². The quantitative estimate of drug-likeness (QED) is 0.255. The van der Waals surface area contributed by atoms with Crippen molar-refractivity contribution in [3.05, 3.63) is 0 Å². The third-order valence-electron chi connectivity index (χ3n) is 11.1. The highest BCUT2D eigenvalue weighted by Crippen LogP contribution is 2.40. The maximum Gasteiger partial charge on any atom is 0.0628 e. The Bertz CT molecular complexity index is 648. The van der Waals surface area contributed by atoms with Gasteiger partial charge in [-0.05, 0) is 86.9 Å². The molecule has 36 heavy (non-hydrogen) atoms. The molecule has 204 valence electrons. The lowest BCUT2D eigenvalue weighted by molar-refractivity contribution is 0.134. The van der Waals surface area contributed by atoms with Gasteiger partial charge in [0.2, 0.25) is 0 Å². The highest BCUT2D eigenvalue weighted by Gasteiger charge is 2.48. The van der Waals surface area contributed by atoms with E-state index in [0.717, 1.165) is 35.5 Å². The summed E-state index contributed by atoms with van der Waals surface area (Å²) in [5.74, 6) is 4.36. The topological polar surface area (TPSA) is 96.2 Å². The molecule has 12 unspecified atom stereocenters. The van der Waals surface area contributed by atoms with Gasteiger partial charge < -0.3 is 0 Å². The van der Waals surface area contributed by atoms with Gasteiger partial charge in [-0.15, -0.1) is 0 Å². The Morgan fingerprint density at radius 2 is 0.639 bits per heavy atom. The van der Waals surface area contributed by atoms with Crippen molar-refractivity contribution < 1.29 is 0 Å². The fourth-order valence-electron chi connectivity index (χ4n) is 9.49. The summed E-state index contributed by atoms with van der Waals surface area (Å²) in [5.41, 5.74) is 0. The maximum atomic E-state index is 4.10. The number of hydrogen-bond donors (Lipinski definition) is 8. The van der Waals surface area contributed by atoms with E-state index in [0.29, 0.717) is 49.3 Å². The number of fused-ring (bicyclic) bond motifs is 14. The van der Waals surface area contributed by atoms with Gasteiger partial charge in [-0.1, -0.05) is 39.5 Å². The molecule has 12 atom stereocenters. The summed E-state index contributed by atoms with van der Waals surface area (Å²) in [6.07, 6.45) is 18.9. The van der Waals surface area contributed by atoms with Crippen LogP contribution in [0, 0.1) is 35.5 Å². The monoisotopic (exact) mass is 500 g/mol. The summed E-state index contributed by atoms with van der Waals surface area (Å²) in [4.78, 5) is 0. The molecule has 0 aromatic heterocycles. The van der Waals surface area contributed by atoms with E-state index < -0.39 is 0 Å². The van der Waals surface area contributed by atoms with Gasteiger partial charge >= 0.3 is 0 Å².